The highest BCUT2D eigenvalue weighted by Crippen LogP contribution is 2.00. The molecule has 0 fully saturated rings. The van der Waals surface area contributed by atoms with Gasteiger partial charge in [-0.15, -0.1) is 5.10 Å². The van der Waals surface area contributed by atoms with Crippen LogP contribution in [0.4, 0.5) is 0 Å². The van der Waals surface area contributed by atoms with E-state index in [1.165, 1.54) is 6.20 Å². The van der Waals surface area contributed by atoms with E-state index in [9.17, 15) is 4.79 Å². The van der Waals surface area contributed by atoms with E-state index in [0.717, 1.165) is 18.0 Å². The van der Waals surface area contributed by atoms with Crippen LogP contribution in [0.15, 0.2) is 6.20 Å². The molecule has 0 saturated heterocycles. The van der Waals surface area contributed by atoms with Gasteiger partial charge in [0.2, 0.25) is 0 Å². The van der Waals surface area contributed by atoms with E-state index >= 15 is 0 Å². The Bertz CT molecular complexity index is 222. The van der Waals surface area contributed by atoms with Gasteiger partial charge in [0.25, 0.3) is 5.91 Å². The topological polar surface area (TPSA) is 54.9 Å². The van der Waals surface area contributed by atoms with Crippen molar-refractivity contribution in [1.29, 1.82) is 0 Å². The van der Waals surface area contributed by atoms with Crippen LogP contribution in [0, 0.1) is 0 Å². The maximum Gasteiger partial charge on any atom is 0.264 e. The molecule has 4 nitrogen and oxygen atoms in total. The van der Waals surface area contributed by atoms with Crippen LogP contribution in [0.2, 0.25) is 0 Å². The van der Waals surface area contributed by atoms with Crippen molar-refractivity contribution in [2.75, 3.05) is 6.54 Å². The number of aromatic nitrogens is 2. The summed E-state index contributed by atoms with van der Waals surface area (Å²) < 4.78 is 3.58. The van der Waals surface area contributed by atoms with E-state index in [1.54, 1.807) is 0 Å². The summed E-state index contributed by atoms with van der Waals surface area (Å²) in [5, 5.41) is 6.29. The summed E-state index contributed by atoms with van der Waals surface area (Å²) in [6.07, 6.45) is 2.41. The number of hydrogen-bond donors (Lipinski definition) is 1. The molecule has 0 unspecified atom stereocenters. The zero-order valence-corrected chi connectivity index (χ0v) is 7.02. The molecule has 1 aromatic rings. The predicted molar refractivity (Wildman–Crippen MR) is 42.5 cm³/mol. The third-order valence-electron chi connectivity index (χ3n) is 1.12. The van der Waals surface area contributed by atoms with Gasteiger partial charge in [-0.25, -0.2) is 0 Å². The highest BCUT2D eigenvalue weighted by Gasteiger charge is 2.05. The SMILES string of the molecule is CCCNC(=O)c1cnns1. The maximum absolute atomic E-state index is 11.1. The molecule has 1 aromatic heterocycles. The number of nitrogens with zero attached hydrogens (tertiary/aromatic N) is 2. The molecule has 1 rings (SSSR count). The first-order valence-electron chi connectivity index (χ1n) is 3.40. The molecule has 11 heavy (non-hydrogen) atoms. The summed E-state index contributed by atoms with van der Waals surface area (Å²) >= 11 is 1.11. The quantitative estimate of drug-likeness (QED) is 0.727. The van der Waals surface area contributed by atoms with Gasteiger partial charge in [0.1, 0.15) is 4.88 Å². The van der Waals surface area contributed by atoms with Crippen molar-refractivity contribution >= 4 is 17.4 Å². The van der Waals surface area contributed by atoms with Gasteiger partial charge in [-0.2, -0.15) is 0 Å². The fourth-order valence-corrected chi connectivity index (χ4v) is 1.02. The van der Waals surface area contributed by atoms with Crippen molar-refractivity contribution in [3.8, 4) is 0 Å². The molecule has 0 atom stereocenters. The Morgan fingerprint density at radius 3 is 3.18 bits per heavy atom. The van der Waals surface area contributed by atoms with E-state index < -0.39 is 0 Å². The van der Waals surface area contributed by atoms with Crippen molar-refractivity contribution < 1.29 is 4.79 Å². The molecule has 1 amide bonds. The zero-order valence-electron chi connectivity index (χ0n) is 6.20. The summed E-state index contributed by atoms with van der Waals surface area (Å²) in [7, 11) is 0. The Kier molecular flexibility index (Phi) is 2.97. The molecular weight excluding hydrogens is 162 g/mol. The highest BCUT2D eigenvalue weighted by atomic mass is 32.1. The molecule has 0 aliphatic heterocycles. The van der Waals surface area contributed by atoms with Gasteiger partial charge < -0.3 is 5.32 Å². The van der Waals surface area contributed by atoms with Crippen LogP contribution in [0.3, 0.4) is 0 Å². The van der Waals surface area contributed by atoms with E-state index in [0.29, 0.717) is 11.4 Å². The molecule has 0 aromatic carbocycles. The smallest absolute Gasteiger partial charge is 0.264 e. The summed E-state index contributed by atoms with van der Waals surface area (Å²) in [6, 6.07) is 0. The number of nitrogens with one attached hydrogen (secondary N) is 1. The zero-order chi connectivity index (χ0) is 8.10. The lowest BCUT2D eigenvalue weighted by molar-refractivity contribution is 0.0957. The summed E-state index contributed by atoms with van der Waals surface area (Å²) in [5.74, 6) is -0.0816. The van der Waals surface area contributed by atoms with Gasteiger partial charge in [-0.1, -0.05) is 11.4 Å². The normalized spacial score (nSPS) is 9.55. The molecule has 0 bridgehead atoms. The molecular formula is C6H9N3OS. The van der Waals surface area contributed by atoms with Gasteiger partial charge >= 0.3 is 0 Å². The number of hydrogen-bond acceptors (Lipinski definition) is 4. The lowest BCUT2D eigenvalue weighted by Gasteiger charge is -1.97. The molecule has 0 aliphatic rings. The van der Waals surface area contributed by atoms with E-state index in [-0.39, 0.29) is 5.91 Å². The third kappa shape index (κ3) is 2.27. The van der Waals surface area contributed by atoms with Gasteiger partial charge in [0.05, 0.1) is 6.20 Å². The Hall–Kier alpha value is -0.970. The Balaban J connectivity index is 2.43. The minimum absolute atomic E-state index is 0.0816. The van der Waals surface area contributed by atoms with Crippen LogP contribution < -0.4 is 5.32 Å². The molecule has 0 spiro atoms. The van der Waals surface area contributed by atoms with Crippen molar-refractivity contribution in [3.05, 3.63) is 11.1 Å². The number of carbonyl (C=O) groups excluding carboxylic acids is 1. The Morgan fingerprint density at radius 2 is 2.64 bits per heavy atom. The second kappa shape index (κ2) is 4.02. The highest BCUT2D eigenvalue weighted by molar-refractivity contribution is 7.07. The molecule has 1 heterocycles. The van der Waals surface area contributed by atoms with Crippen LogP contribution in [0.1, 0.15) is 23.0 Å². The second-order valence-corrected chi connectivity index (χ2v) is 2.82. The Morgan fingerprint density at radius 1 is 1.82 bits per heavy atom. The standard InChI is InChI=1S/C6H9N3OS/c1-2-3-7-6(10)5-4-8-9-11-5/h4H,2-3H2,1H3,(H,7,10). The van der Waals surface area contributed by atoms with Gasteiger partial charge in [0.15, 0.2) is 0 Å². The van der Waals surface area contributed by atoms with Crippen LogP contribution in [0.5, 0.6) is 0 Å². The summed E-state index contributed by atoms with van der Waals surface area (Å²) in [5.41, 5.74) is 0. The van der Waals surface area contributed by atoms with Gasteiger partial charge in [0, 0.05) is 6.54 Å². The van der Waals surface area contributed by atoms with Crippen LogP contribution >= 0.6 is 11.5 Å². The van der Waals surface area contributed by atoms with Crippen LogP contribution in [-0.2, 0) is 0 Å². The molecule has 0 radical (unpaired) electrons. The van der Waals surface area contributed by atoms with Gasteiger partial charge in [-0.05, 0) is 18.0 Å². The lowest BCUT2D eigenvalue weighted by Crippen LogP contribution is -2.22. The minimum Gasteiger partial charge on any atom is -0.351 e. The first-order valence-corrected chi connectivity index (χ1v) is 4.17. The van der Waals surface area contributed by atoms with Crippen molar-refractivity contribution in [3.63, 3.8) is 0 Å². The van der Waals surface area contributed by atoms with Crippen LogP contribution in [-0.4, -0.2) is 22.0 Å². The average Bonchev–Trinajstić information content (AvgIpc) is 2.52. The molecule has 5 heteroatoms. The maximum atomic E-state index is 11.1. The Labute approximate surface area is 68.8 Å². The summed E-state index contributed by atoms with van der Waals surface area (Å²) in [4.78, 5) is 11.7. The molecule has 1 N–H and O–H groups in total. The fourth-order valence-electron chi connectivity index (χ4n) is 0.593. The van der Waals surface area contributed by atoms with E-state index in [1.807, 2.05) is 6.92 Å². The van der Waals surface area contributed by atoms with Crippen molar-refractivity contribution in [2.24, 2.45) is 0 Å². The number of carbonyl (C=O) groups is 1. The van der Waals surface area contributed by atoms with Gasteiger partial charge in [-0.3, -0.25) is 4.79 Å². The monoisotopic (exact) mass is 171 g/mol. The third-order valence-corrected chi connectivity index (χ3v) is 1.78. The predicted octanol–water partition coefficient (Wildman–Crippen LogP) is 0.678. The van der Waals surface area contributed by atoms with E-state index in [2.05, 4.69) is 14.9 Å². The minimum atomic E-state index is -0.0816. The largest absolute Gasteiger partial charge is 0.351 e. The van der Waals surface area contributed by atoms with E-state index in [4.69, 9.17) is 0 Å². The van der Waals surface area contributed by atoms with Crippen LogP contribution in [0.25, 0.3) is 0 Å². The lowest BCUT2D eigenvalue weighted by atomic mass is 10.4. The first kappa shape index (κ1) is 8.13. The number of amides is 1. The molecule has 0 saturated carbocycles. The summed E-state index contributed by atoms with van der Waals surface area (Å²) in [6.45, 7) is 2.71. The second-order valence-electron chi connectivity index (χ2n) is 2.04. The average molecular weight is 171 g/mol. The first-order chi connectivity index (χ1) is 5.34. The van der Waals surface area contributed by atoms with Crippen molar-refractivity contribution in [2.45, 2.75) is 13.3 Å². The van der Waals surface area contributed by atoms with Crippen molar-refractivity contribution in [1.82, 2.24) is 14.9 Å². The fraction of sp³-hybridized carbons (Fsp3) is 0.500. The molecule has 60 valence electrons. The number of rotatable bonds is 3. The molecule has 0 aliphatic carbocycles.